The van der Waals surface area contributed by atoms with E-state index in [0.29, 0.717) is 18.5 Å². The number of rotatable bonds is 9. The van der Waals surface area contributed by atoms with Crippen molar-refractivity contribution in [3.63, 3.8) is 0 Å². The summed E-state index contributed by atoms with van der Waals surface area (Å²) < 4.78 is 0. The van der Waals surface area contributed by atoms with Crippen molar-refractivity contribution in [1.29, 1.82) is 0 Å². The van der Waals surface area contributed by atoms with Crippen molar-refractivity contribution in [1.82, 2.24) is 26.3 Å². The summed E-state index contributed by atoms with van der Waals surface area (Å²) in [5, 5.41) is 11.5. The molecule has 1 saturated heterocycles. The van der Waals surface area contributed by atoms with Gasteiger partial charge in [0.2, 0.25) is 17.6 Å². The van der Waals surface area contributed by atoms with E-state index in [1.807, 2.05) is 18.2 Å². The molecule has 1 unspecified atom stereocenters. The third-order valence-electron chi connectivity index (χ3n) is 6.98. The second kappa shape index (κ2) is 12.4. The van der Waals surface area contributed by atoms with E-state index in [-0.39, 0.29) is 24.1 Å². The van der Waals surface area contributed by atoms with Gasteiger partial charge in [0.15, 0.2) is 0 Å². The van der Waals surface area contributed by atoms with Crippen LogP contribution in [0.4, 0.5) is 0 Å². The van der Waals surface area contributed by atoms with Crippen LogP contribution in [0.3, 0.4) is 0 Å². The second-order valence-corrected chi connectivity index (χ2v) is 9.73. The van der Waals surface area contributed by atoms with Crippen LogP contribution in [0.25, 0.3) is 10.9 Å². The molecular formula is C27H33N5O5. The van der Waals surface area contributed by atoms with Gasteiger partial charge in [0, 0.05) is 23.9 Å². The van der Waals surface area contributed by atoms with E-state index in [2.05, 4.69) is 26.3 Å². The molecule has 1 saturated carbocycles. The predicted octanol–water partition coefficient (Wildman–Crippen LogP) is 1.38. The number of hydrogen-bond acceptors (Lipinski definition) is 6. The summed E-state index contributed by atoms with van der Waals surface area (Å²) in [5.74, 6) is -3.37. The molecule has 0 bridgehead atoms. The van der Waals surface area contributed by atoms with Crippen molar-refractivity contribution in [2.45, 2.75) is 63.5 Å². The van der Waals surface area contributed by atoms with Crippen LogP contribution in [0.15, 0.2) is 36.4 Å². The smallest absolute Gasteiger partial charge is 0.289 e. The van der Waals surface area contributed by atoms with E-state index in [0.717, 1.165) is 43.9 Å². The molecule has 1 aliphatic carbocycles. The first-order chi connectivity index (χ1) is 17.9. The molecule has 2 aliphatic rings. The summed E-state index contributed by atoms with van der Waals surface area (Å²) in [4.78, 5) is 67.7. The van der Waals surface area contributed by atoms with Gasteiger partial charge in [-0.3, -0.25) is 24.0 Å². The highest BCUT2D eigenvalue weighted by atomic mass is 16.2. The number of benzene rings is 1. The lowest BCUT2D eigenvalue weighted by Gasteiger charge is -2.27. The Morgan fingerprint density at radius 1 is 0.973 bits per heavy atom. The van der Waals surface area contributed by atoms with Crippen molar-refractivity contribution in [3.05, 3.63) is 42.1 Å². The van der Waals surface area contributed by atoms with Gasteiger partial charge in [0.25, 0.3) is 11.8 Å². The second-order valence-electron chi connectivity index (χ2n) is 9.73. The predicted molar refractivity (Wildman–Crippen MR) is 136 cm³/mol. The zero-order valence-electron chi connectivity index (χ0n) is 20.8. The zero-order chi connectivity index (χ0) is 26.2. The van der Waals surface area contributed by atoms with Gasteiger partial charge in [0.05, 0.1) is 18.1 Å². The molecule has 4 amide bonds. The van der Waals surface area contributed by atoms with Crippen LogP contribution >= 0.6 is 0 Å². The van der Waals surface area contributed by atoms with E-state index in [9.17, 15) is 24.0 Å². The highest BCUT2D eigenvalue weighted by Gasteiger charge is 2.34. The lowest BCUT2D eigenvalue weighted by atomic mass is 9.89. The van der Waals surface area contributed by atoms with Gasteiger partial charge < -0.3 is 21.3 Å². The van der Waals surface area contributed by atoms with E-state index in [1.54, 1.807) is 18.2 Å². The first-order valence-electron chi connectivity index (χ1n) is 13.0. The Kier molecular flexibility index (Phi) is 8.81. The molecule has 0 radical (unpaired) electrons. The topological polar surface area (TPSA) is 146 Å². The summed E-state index contributed by atoms with van der Waals surface area (Å²) in [6.07, 6.45) is 6.08. The number of carbonyl (C=O) groups excluding carboxylic acids is 5. The van der Waals surface area contributed by atoms with Crippen molar-refractivity contribution < 1.29 is 24.0 Å². The Morgan fingerprint density at radius 2 is 1.76 bits per heavy atom. The Balaban J connectivity index is 1.37. The fraction of sp³-hybridized carbons (Fsp3) is 0.481. The standard InChI is InChI=1S/C27H33N5O5/c33-23(16-29-26(36)21-13-12-17-7-4-5-11-20(17)31-21)32-22(15-18-8-6-14-28-25(18)35)24(34)27(37)30-19-9-2-1-3-10-19/h4-5,7,11-13,18-19,22H,1-3,6,8-10,14-16H2,(H,28,35)(H,29,36)(H,30,37)(H,32,33)/t18?,22-/m0/s1. The van der Waals surface area contributed by atoms with Crippen LogP contribution in [0.5, 0.6) is 0 Å². The fourth-order valence-electron chi connectivity index (χ4n) is 4.93. The highest BCUT2D eigenvalue weighted by Crippen LogP contribution is 2.20. The maximum absolute atomic E-state index is 13.1. The molecule has 2 heterocycles. The number of fused-ring (bicyclic) bond motifs is 1. The van der Waals surface area contributed by atoms with Crippen molar-refractivity contribution in [3.8, 4) is 0 Å². The molecule has 2 atom stereocenters. The average Bonchev–Trinajstić information content (AvgIpc) is 2.92. The maximum atomic E-state index is 13.1. The fourth-order valence-corrected chi connectivity index (χ4v) is 4.93. The van der Waals surface area contributed by atoms with E-state index in [4.69, 9.17) is 0 Å². The van der Waals surface area contributed by atoms with Gasteiger partial charge in [-0.15, -0.1) is 0 Å². The van der Waals surface area contributed by atoms with Crippen molar-refractivity contribution in [2.75, 3.05) is 13.1 Å². The molecule has 10 heteroatoms. The molecule has 4 N–H and O–H groups in total. The number of nitrogens with zero attached hydrogens (tertiary/aromatic N) is 1. The van der Waals surface area contributed by atoms with Crippen molar-refractivity contribution >= 4 is 40.3 Å². The van der Waals surface area contributed by atoms with Crippen LogP contribution < -0.4 is 21.3 Å². The van der Waals surface area contributed by atoms with Gasteiger partial charge in [-0.05, 0) is 44.2 Å². The Morgan fingerprint density at radius 3 is 2.54 bits per heavy atom. The summed E-state index contributed by atoms with van der Waals surface area (Å²) in [5.41, 5.74) is 0.810. The van der Waals surface area contributed by atoms with Gasteiger partial charge in [-0.25, -0.2) is 4.98 Å². The quantitative estimate of drug-likeness (QED) is 0.377. The molecule has 10 nitrogen and oxygen atoms in total. The normalized spacial score (nSPS) is 18.9. The molecule has 2 fully saturated rings. The zero-order valence-corrected chi connectivity index (χ0v) is 20.8. The van der Waals surface area contributed by atoms with Crippen LogP contribution in [0.1, 0.15) is 61.9 Å². The molecule has 0 spiro atoms. The average molecular weight is 508 g/mol. The van der Waals surface area contributed by atoms with Gasteiger partial charge in [-0.2, -0.15) is 0 Å². The van der Waals surface area contributed by atoms with Crippen LogP contribution in [-0.2, 0) is 19.2 Å². The molecule has 196 valence electrons. The summed E-state index contributed by atoms with van der Waals surface area (Å²) in [7, 11) is 0. The number of para-hydroxylation sites is 1. The Bertz CT molecular complexity index is 1180. The van der Waals surface area contributed by atoms with Gasteiger partial charge in [-0.1, -0.05) is 43.5 Å². The minimum Gasteiger partial charge on any atom is -0.356 e. The number of aromatic nitrogens is 1. The number of Topliss-reactive ketones (excluding diaryl/α,β-unsaturated/α-hetero) is 1. The number of amides is 4. The number of carbonyl (C=O) groups is 5. The van der Waals surface area contributed by atoms with Crippen LogP contribution in [0, 0.1) is 5.92 Å². The summed E-state index contributed by atoms with van der Waals surface area (Å²) >= 11 is 0. The molecule has 1 aromatic carbocycles. The molecule has 1 aromatic heterocycles. The van der Waals surface area contributed by atoms with Crippen LogP contribution in [-0.4, -0.2) is 59.6 Å². The minimum atomic E-state index is -1.17. The third-order valence-corrected chi connectivity index (χ3v) is 6.98. The molecular weight excluding hydrogens is 474 g/mol. The molecule has 4 rings (SSSR count). The summed E-state index contributed by atoms with van der Waals surface area (Å²) in [6, 6.07) is 9.47. The number of pyridine rings is 1. The first kappa shape index (κ1) is 26.2. The third kappa shape index (κ3) is 7.12. The van der Waals surface area contributed by atoms with Crippen molar-refractivity contribution in [2.24, 2.45) is 5.92 Å². The highest BCUT2D eigenvalue weighted by molar-refractivity contribution is 6.38. The number of ketones is 1. The lowest BCUT2D eigenvalue weighted by molar-refractivity contribution is -0.141. The summed E-state index contributed by atoms with van der Waals surface area (Å²) in [6.45, 7) is 0.162. The number of piperidine rings is 1. The molecule has 2 aromatic rings. The molecule has 37 heavy (non-hydrogen) atoms. The maximum Gasteiger partial charge on any atom is 0.289 e. The molecule has 1 aliphatic heterocycles. The lowest BCUT2D eigenvalue weighted by Crippen LogP contribution is -2.53. The van der Waals surface area contributed by atoms with E-state index in [1.165, 1.54) is 0 Å². The first-order valence-corrected chi connectivity index (χ1v) is 13.0. The van der Waals surface area contributed by atoms with E-state index < -0.39 is 42.0 Å². The van der Waals surface area contributed by atoms with Gasteiger partial charge >= 0.3 is 0 Å². The van der Waals surface area contributed by atoms with E-state index >= 15 is 0 Å². The monoisotopic (exact) mass is 507 g/mol. The SMILES string of the molecule is O=C(CNC(=O)c1ccc2ccccc2n1)N[C@@H](CC1CCCNC1=O)C(=O)C(=O)NC1CCCCC1. The Hall–Kier alpha value is -3.82. The van der Waals surface area contributed by atoms with Gasteiger partial charge in [0.1, 0.15) is 5.69 Å². The largest absolute Gasteiger partial charge is 0.356 e. The van der Waals surface area contributed by atoms with Crippen LogP contribution in [0.2, 0.25) is 0 Å². The number of hydrogen-bond donors (Lipinski definition) is 4. The Labute approximate surface area is 215 Å². The number of nitrogens with one attached hydrogen (secondary N) is 4. The minimum absolute atomic E-state index is 0.0225.